The van der Waals surface area contributed by atoms with Crippen LogP contribution in [0.2, 0.25) is 0 Å². The predicted octanol–water partition coefficient (Wildman–Crippen LogP) is 2.62. The summed E-state index contributed by atoms with van der Waals surface area (Å²) in [6, 6.07) is 0. The molecule has 2 aliphatic rings. The van der Waals surface area contributed by atoms with Gasteiger partial charge in [-0.1, -0.05) is 26.2 Å². The summed E-state index contributed by atoms with van der Waals surface area (Å²) in [4.78, 5) is 0. The summed E-state index contributed by atoms with van der Waals surface area (Å²) < 4.78 is 0. The second-order valence-electron chi connectivity index (χ2n) is 4.17. The van der Waals surface area contributed by atoms with Gasteiger partial charge in [0, 0.05) is 11.8 Å². The third-order valence-electron chi connectivity index (χ3n) is 3.06. The van der Waals surface area contributed by atoms with E-state index in [1.165, 1.54) is 38.6 Å². The second-order valence-corrected chi connectivity index (χ2v) is 5.76. The molecule has 2 atom stereocenters. The van der Waals surface area contributed by atoms with Crippen molar-refractivity contribution in [1.82, 2.24) is 5.32 Å². The zero-order valence-corrected chi connectivity index (χ0v) is 8.70. The molecule has 1 saturated carbocycles. The van der Waals surface area contributed by atoms with E-state index in [0.717, 1.165) is 16.5 Å². The average Bonchev–Trinajstić information content (AvgIpc) is 2.54. The Morgan fingerprint density at radius 3 is 2.50 bits per heavy atom. The molecule has 0 spiro atoms. The Morgan fingerprint density at radius 1 is 1.17 bits per heavy atom. The maximum absolute atomic E-state index is 3.64. The first-order chi connectivity index (χ1) is 5.86. The van der Waals surface area contributed by atoms with Gasteiger partial charge in [0.05, 0.1) is 5.37 Å². The lowest BCUT2D eigenvalue weighted by Gasteiger charge is -2.26. The minimum Gasteiger partial charge on any atom is -0.304 e. The van der Waals surface area contributed by atoms with Crippen LogP contribution in [0.1, 0.15) is 39.0 Å². The molecule has 70 valence electrons. The summed E-state index contributed by atoms with van der Waals surface area (Å²) in [5.74, 6) is 0.980. The van der Waals surface area contributed by atoms with Gasteiger partial charge < -0.3 is 5.32 Å². The van der Waals surface area contributed by atoms with Gasteiger partial charge in [0.25, 0.3) is 0 Å². The fourth-order valence-electron chi connectivity index (χ4n) is 2.34. The molecular weight excluding hydrogens is 166 g/mol. The predicted molar refractivity (Wildman–Crippen MR) is 55.4 cm³/mol. The molecule has 0 amide bonds. The van der Waals surface area contributed by atoms with E-state index in [9.17, 15) is 0 Å². The van der Waals surface area contributed by atoms with E-state index in [-0.39, 0.29) is 0 Å². The lowest BCUT2D eigenvalue weighted by molar-refractivity contribution is 0.332. The third kappa shape index (κ3) is 1.97. The summed E-state index contributed by atoms with van der Waals surface area (Å²) in [6.45, 7) is 3.56. The smallest absolute Gasteiger partial charge is 0.0564 e. The van der Waals surface area contributed by atoms with Gasteiger partial charge in [0.1, 0.15) is 0 Å². The zero-order chi connectivity index (χ0) is 8.39. The molecule has 0 aromatic carbocycles. The van der Waals surface area contributed by atoms with Crippen LogP contribution >= 0.6 is 11.8 Å². The standard InChI is InChI=1S/C10H19NS/c1-8-7-11-10(12-8)9-5-3-2-4-6-9/h8-11H,2-7H2,1H3. The molecule has 2 heteroatoms. The second kappa shape index (κ2) is 4.01. The Kier molecular flexibility index (Phi) is 2.97. The Hall–Kier alpha value is 0.310. The Morgan fingerprint density at radius 2 is 1.92 bits per heavy atom. The van der Waals surface area contributed by atoms with Crippen molar-refractivity contribution in [2.45, 2.75) is 49.7 Å². The van der Waals surface area contributed by atoms with Crippen molar-refractivity contribution in [3.63, 3.8) is 0 Å². The van der Waals surface area contributed by atoms with Crippen LogP contribution in [0.3, 0.4) is 0 Å². The highest BCUT2D eigenvalue weighted by atomic mass is 32.2. The van der Waals surface area contributed by atoms with Crippen LogP contribution in [-0.4, -0.2) is 17.2 Å². The first-order valence-corrected chi connectivity index (χ1v) is 6.19. The number of hydrogen-bond acceptors (Lipinski definition) is 2. The SMILES string of the molecule is CC1CNC(C2CCCCC2)S1. The number of thioether (sulfide) groups is 1. The molecule has 1 saturated heterocycles. The summed E-state index contributed by atoms with van der Waals surface area (Å²) >= 11 is 2.16. The highest BCUT2D eigenvalue weighted by molar-refractivity contribution is 8.00. The van der Waals surface area contributed by atoms with E-state index in [4.69, 9.17) is 0 Å². The minimum atomic E-state index is 0.792. The van der Waals surface area contributed by atoms with Crippen molar-refractivity contribution in [3.05, 3.63) is 0 Å². The molecule has 1 aliphatic carbocycles. The summed E-state index contributed by atoms with van der Waals surface area (Å²) in [6.07, 6.45) is 7.35. The molecule has 0 aromatic rings. The highest BCUT2D eigenvalue weighted by Gasteiger charge is 2.29. The quantitative estimate of drug-likeness (QED) is 0.674. The van der Waals surface area contributed by atoms with Gasteiger partial charge in [0.15, 0.2) is 0 Å². The number of hydrogen-bond donors (Lipinski definition) is 1. The molecule has 2 fully saturated rings. The molecule has 2 rings (SSSR count). The van der Waals surface area contributed by atoms with E-state index in [1.54, 1.807) is 0 Å². The summed E-state index contributed by atoms with van der Waals surface area (Å²) in [5, 5.41) is 5.28. The Balaban J connectivity index is 1.83. The first kappa shape index (κ1) is 8.89. The van der Waals surface area contributed by atoms with Crippen LogP contribution in [0.5, 0.6) is 0 Å². The maximum atomic E-state index is 3.64. The van der Waals surface area contributed by atoms with Crippen molar-refractivity contribution < 1.29 is 0 Å². The van der Waals surface area contributed by atoms with Gasteiger partial charge in [-0.2, -0.15) is 0 Å². The van der Waals surface area contributed by atoms with E-state index in [0.29, 0.717) is 0 Å². The van der Waals surface area contributed by atoms with Gasteiger partial charge >= 0.3 is 0 Å². The van der Waals surface area contributed by atoms with Crippen molar-refractivity contribution in [3.8, 4) is 0 Å². The van der Waals surface area contributed by atoms with Crippen LogP contribution in [0, 0.1) is 5.92 Å². The first-order valence-electron chi connectivity index (χ1n) is 5.25. The van der Waals surface area contributed by atoms with Gasteiger partial charge in [-0.3, -0.25) is 0 Å². The molecule has 0 aromatic heterocycles. The van der Waals surface area contributed by atoms with Gasteiger partial charge in [0.2, 0.25) is 0 Å². The lowest BCUT2D eigenvalue weighted by Crippen LogP contribution is -2.29. The van der Waals surface area contributed by atoms with Crippen LogP contribution in [0.25, 0.3) is 0 Å². The van der Waals surface area contributed by atoms with E-state index in [1.807, 2.05) is 0 Å². The molecule has 12 heavy (non-hydrogen) atoms. The van der Waals surface area contributed by atoms with E-state index in [2.05, 4.69) is 24.0 Å². The van der Waals surface area contributed by atoms with Gasteiger partial charge in [-0.15, -0.1) is 11.8 Å². The van der Waals surface area contributed by atoms with Crippen LogP contribution in [0.4, 0.5) is 0 Å². The molecule has 2 unspecified atom stereocenters. The van der Waals surface area contributed by atoms with Crippen LogP contribution < -0.4 is 5.32 Å². The molecule has 1 aliphatic heterocycles. The van der Waals surface area contributed by atoms with Crippen molar-refractivity contribution in [2.75, 3.05) is 6.54 Å². The van der Waals surface area contributed by atoms with Crippen molar-refractivity contribution in [1.29, 1.82) is 0 Å². The normalized spacial score (nSPS) is 38.8. The molecular formula is C10H19NS. The maximum Gasteiger partial charge on any atom is 0.0564 e. The van der Waals surface area contributed by atoms with Crippen molar-refractivity contribution in [2.24, 2.45) is 5.92 Å². The monoisotopic (exact) mass is 185 g/mol. The van der Waals surface area contributed by atoms with E-state index < -0.39 is 0 Å². The summed E-state index contributed by atoms with van der Waals surface area (Å²) in [5.41, 5.74) is 0. The summed E-state index contributed by atoms with van der Waals surface area (Å²) in [7, 11) is 0. The van der Waals surface area contributed by atoms with Crippen molar-refractivity contribution >= 4 is 11.8 Å². The highest BCUT2D eigenvalue weighted by Crippen LogP contribution is 2.35. The van der Waals surface area contributed by atoms with E-state index >= 15 is 0 Å². The van der Waals surface area contributed by atoms with Crippen LogP contribution in [0.15, 0.2) is 0 Å². The van der Waals surface area contributed by atoms with Crippen LogP contribution in [-0.2, 0) is 0 Å². The fraction of sp³-hybridized carbons (Fsp3) is 1.00. The average molecular weight is 185 g/mol. The van der Waals surface area contributed by atoms with Gasteiger partial charge in [-0.25, -0.2) is 0 Å². The number of nitrogens with one attached hydrogen (secondary N) is 1. The topological polar surface area (TPSA) is 12.0 Å². The Labute approximate surface area is 79.7 Å². The van der Waals surface area contributed by atoms with Gasteiger partial charge in [-0.05, 0) is 18.8 Å². The fourth-order valence-corrected chi connectivity index (χ4v) is 3.72. The Bertz CT molecular complexity index is 140. The number of rotatable bonds is 1. The minimum absolute atomic E-state index is 0.792. The molecule has 1 N–H and O–H groups in total. The molecule has 1 nitrogen and oxygen atoms in total. The lowest BCUT2D eigenvalue weighted by atomic mass is 9.89. The zero-order valence-electron chi connectivity index (χ0n) is 7.88. The molecule has 1 heterocycles. The largest absolute Gasteiger partial charge is 0.304 e. The third-order valence-corrected chi connectivity index (χ3v) is 4.54. The molecule has 0 radical (unpaired) electrons. The molecule has 0 bridgehead atoms.